The first kappa shape index (κ1) is 109. The molecule has 0 aliphatic carbocycles. The van der Waals surface area contributed by atoms with Gasteiger partial charge in [-0.3, -0.25) is 24.0 Å². The SMILES string of the molecule is C.C.C.C.C.C.C.C.C.C.C.C.C.C.C=C(C)C(=O)OCC(O)COC(=O)C(C)(C(C)(C)C(=O)O)C(C)(C(=O)OC)C(C)c1ccccc1.C=C(C)C(=O)OCC1CO1.COC(=O)C(C)(C(C)c1ccccc1)C(C)(C)C(=O)O. The fourth-order valence-electron chi connectivity index (χ4n) is 7.03. The van der Waals surface area contributed by atoms with Crippen molar-refractivity contribution in [3.63, 3.8) is 0 Å². The molecule has 1 fully saturated rings. The minimum absolute atomic E-state index is 0. The molecule has 0 bridgehead atoms. The number of carboxylic acid groups (broad SMARTS) is 2. The molecule has 79 heavy (non-hydrogen) atoms. The highest BCUT2D eigenvalue weighted by Crippen LogP contribution is 2.59. The molecule has 0 saturated carbocycles. The lowest BCUT2D eigenvalue weighted by Crippen LogP contribution is -2.62. The second-order valence-corrected chi connectivity index (χ2v) is 17.6. The van der Waals surface area contributed by atoms with Gasteiger partial charge in [0.15, 0.2) is 0 Å². The summed E-state index contributed by atoms with van der Waals surface area (Å²) in [6.45, 7) is 23.8. The third-order valence-corrected chi connectivity index (χ3v) is 12.9. The van der Waals surface area contributed by atoms with E-state index in [0.29, 0.717) is 24.4 Å². The molecule has 7 unspecified atom stereocenters. The number of rotatable bonds is 20. The van der Waals surface area contributed by atoms with Crippen molar-refractivity contribution in [2.24, 2.45) is 27.1 Å². The van der Waals surface area contributed by atoms with Crippen LogP contribution in [0.1, 0.15) is 203 Å². The zero-order valence-corrected chi connectivity index (χ0v) is 40.0. The molecule has 1 aliphatic rings. The van der Waals surface area contributed by atoms with Crippen LogP contribution in [0.3, 0.4) is 0 Å². The minimum atomic E-state index is -1.97. The maximum atomic E-state index is 13.6. The summed E-state index contributed by atoms with van der Waals surface area (Å²) in [5, 5.41) is 29.8. The molecule has 1 heterocycles. The van der Waals surface area contributed by atoms with E-state index in [1.54, 1.807) is 65.0 Å². The number of carbonyl (C=O) groups is 7. The number of epoxide rings is 1. The molecule has 472 valence electrons. The molecule has 0 amide bonds. The largest absolute Gasteiger partial charge is 0.481 e. The van der Waals surface area contributed by atoms with Gasteiger partial charge in [-0.1, -0.05) is 192 Å². The maximum Gasteiger partial charge on any atom is 0.333 e. The van der Waals surface area contributed by atoms with Crippen LogP contribution in [0.4, 0.5) is 0 Å². The van der Waals surface area contributed by atoms with Gasteiger partial charge in [0.25, 0.3) is 0 Å². The summed E-state index contributed by atoms with van der Waals surface area (Å²) in [5.74, 6) is -6.70. The molecule has 3 rings (SSSR count). The summed E-state index contributed by atoms with van der Waals surface area (Å²) in [5.41, 5.74) is -5.75. The Balaban J connectivity index is -0.0000000693. The highest BCUT2D eigenvalue weighted by atomic mass is 16.6. The van der Waals surface area contributed by atoms with Gasteiger partial charge in [0.05, 0.1) is 47.9 Å². The van der Waals surface area contributed by atoms with Crippen molar-refractivity contribution in [2.75, 3.05) is 40.6 Å². The lowest BCUT2D eigenvalue weighted by atomic mass is 9.48. The van der Waals surface area contributed by atoms with Crippen LogP contribution in [0, 0.1) is 27.1 Å². The van der Waals surface area contributed by atoms with Crippen molar-refractivity contribution in [3.8, 4) is 0 Å². The van der Waals surface area contributed by atoms with Gasteiger partial charge >= 0.3 is 41.8 Å². The van der Waals surface area contributed by atoms with Crippen LogP contribution in [-0.4, -0.2) is 110 Å². The molecule has 7 atom stereocenters. The Labute approximate surface area is 485 Å². The summed E-state index contributed by atoms with van der Waals surface area (Å²) in [7, 11) is 2.45. The summed E-state index contributed by atoms with van der Waals surface area (Å²) < 4.78 is 29.8. The van der Waals surface area contributed by atoms with E-state index in [2.05, 4.69) is 13.2 Å². The second kappa shape index (κ2) is 45.9. The van der Waals surface area contributed by atoms with Gasteiger partial charge in [-0.05, 0) is 85.3 Å². The summed E-state index contributed by atoms with van der Waals surface area (Å²) >= 11 is 0. The molecule has 16 heteroatoms. The summed E-state index contributed by atoms with van der Waals surface area (Å²) in [6.07, 6.45) is -1.24. The third-order valence-electron chi connectivity index (χ3n) is 12.9. The monoisotopic (exact) mass is 1140 g/mol. The Morgan fingerprint density at radius 1 is 0.532 bits per heavy atom. The second-order valence-electron chi connectivity index (χ2n) is 17.6. The lowest BCUT2D eigenvalue weighted by molar-refractivity contribution is -0.200. The van der Waals surface area contributed by atoms with Crippen molar-refractivity contribution < 1.29 is 77.3 Å². The number of methoxy groups -OCH3 is 2. The van der Waals surface area contributed by atoms with E-state index >= 15 is 0 Å². The smallest absolute Gasteiger partial charge is 0.333 e. The van der Waals surface area contributed by atoms with Crippen molar-refractivity contribution in [1.82, 2.24) is 0 Å². The average Bonchev–Trinajstić information content (AvgIpc) is 4.12. The van der Waals surface area contributed by atoms with Gasteiger partial charge in [0, 0.05) is 11.1 Å². The number of aliphatic carboxylic acids is 2. The lowest BCUT2D eigenvalue weighted by Gasteiger charge is -2.52. The molecule has 0 spiro atoms. The van der Waals surface area contributed by atoms with Crippen molar-refractivity contribution in [3.05, 3.63) is 96.1 Å². The number of hydrogen-bond donors (Lipinski definition) is 3. The zero-order chi connectivity index (χ0) is 50.3. The number of aliphatic hydroxyl groups excluding tert-OH is 1. The third kappa shape index (κ3) is 25.9. The predicted molar refractivity (Wildman–Crippen MR) is 333 cm³/mol. The number of esters is 5. The Morgan fingerprint density at radius 3 is 1.14 bits per heavy atom. The topological polar surface area (TPSA) is 239 Å². The Kier molecular flexibility index (Phi) is 63.3. The van der Waals surface area contributed by atoms with Crippen LogP contribution in [0.5, 0.6) is 0 Å². The average molecular weight is 1140 g/mol. The molecular weight excluding hydrogens is 1010 g/mol. The van der Waals surface area contributed by atoms with E-state index in [-0.39, 0.29) is 128 Å². The van der Waals surface area contributed by atoms with E-state index in [0.717, 1.165) is 12.7 Å². The molecule has 16 nitrogen and oxygen atoms in total. The number of benzene rings is 2. The maximum absolute atomic E-state index is 13.6. The molecule has 0 aromatic heterocycles. The van der Waals surface area contributed by atoms with Gasteiger partial charge in [-0.25, -0.2) is 9.59 Å². The Morgan fingerprint density at radius 2 is 0.835 bits per heavy atom. The van der Waals surface area contributed by atoms with E-state index in [4.69, 9.17) is 28.4 Å². The summed E-state index contributed by atoms with van der Waals surface area (Å²) in [4.78, 5) is 85.5. The number of hydrogen-bond acceptors (Lipinski definition) is 14. The van der Waals surface area contributed by atoms with Crippen LogP contribution in [0.2, 0.25) is 0 Å². The summed E-state index contributed by atoms with van der Waals surface area (Å²) in [6, 6.07) is 18.3. The highest BCUT2D eigenvalue weighted by Gasteiger charge is 2.68. The van der Waals surface area contributed by atoms with Crippen LogP contribution >= 0.6 is 0 Å². The highest BCUT2D eigenvalue weighted by molar-refractivity contribution is 5.94. The van der Waals surface area contributed by atoms with Gasteiger partial charge < -0.3 is 43.7 Å². The standard InChI is InChI=1S/C26H36O9.C16H22O4.C7H10O3.14CH4/c1-16(2)20(28)34-14-19(27)15-35-23(32)26(7,24(4,5)21(29)30)25(6,22(31)33-8)17(3)18-12-10-9-11-13-18;1-11(12-9-7-6-8-10-12)16(4,14(19)20-5)15(2,3)13(17)18;1-5(2)7(8)10-4-6-3-9-6;;;;;;;;;;;;;;/h9-13,17,19,27H,1,14-15H2,2-8H3,(H,29,30);6-11H,1-5H3,(H,17,18);6H,1,3-4H2,2H3;14*1H4. The zero-order valence-electron chi connectivity index (χ0n) is 40.0. The molecule has 2 aromatic rings. The molecule has 1 saturated heterocycles. The van der Waals surface area contributed by atoms with Crippen LogP contribution in [0.15, 0.2) is 85.0 Å². The quantitative estimate of drug-likeness (QED) is 0.0483. The first-order chi connectivity index (χ1) is 30.0. The molecule has 0 radical (unpaired) electrons. The molecule has 2 aromatic carbocycles. The number of ether oxygens (including phenoxy) is 6. The number of carbonyl (C=O) groups excluding carboxylic acids is 5. The fourth-order valence-corrected chi connectivity index (χ4v) is 7.03. The van der Waals surface area contributed by atoms with Crippen molar-refractivity contribution in [1.29, 1.82) is 0 Å². The van der Waals surface area contributed by atoms with E-state index in [9.17, 15) is 48.9 Å². The van der Waals surface area contributed by atoms with E-state index in [1.807, 2.05) is 37.3 Å². The van der Waals surface area contributed by atoms with Crippen molar-refractivity contribution in [2.45, 2.75) is 204 Å². The Bertz CT molecular complexity index is 2010. The van der Waals surface area contributed by atoms with Gasteiger partial charge in [0.1, 0.15) is 32.0 Å². The van der Waals surface area contributed by atoms with Crippen molar-refractivity contribution >= 4 is 41.8 Å². The Hall–Kier alpha value is -5.87. The normalized spacial score (nSPS) is 14.2. The van der Waals surface area contributed by atoms with Gasteiger partial charge in [0.2, 0.25) is 0 Å². The van der Waals surface area contributed by atoms with Gasteiger partial charge in [-0.2, -0.15) is 0 Å². The van der Waals surface area contributed by atoms with E-state index in [1.165, 1.54) is 41.7 Å². The minimum Gasteiger partial charge on any atom is -0.481 e. The molecule has 3 N–H and O–H groups in total. The number of carboxylic acids is 2. The van der Waals surface area contributed by atoms with Crippen LogP contribution < -0.4 is 0 Å². The van der Waals surface area contributed by atoms with Gasteiger partial charge in [-0.15, -0.1) is 0 Å². The molecular formula is C63H124O16. The first-order valence-electron chi connectivity index (χ1n) is 20.8. The van der Waals surface area contributed by atoms with Crippen LogP contribution in [0.25, 0.3) is 0 Å². The predicted octanol–water partition coefficient (Wildman–Crippen LogP) is 15.6. The van der Waals surface area contributed by atoms with Crippen LogP contribution in [-0.2, 0) is 62.0 Å². The molecule has 1 aliphatic heterocycles. The fraction of sp³-hybridized carbons (Fsp3) is 0.635. The number of aliphatic hydroxyl groups is 1. The first-order valence-corrected chi connectivity index (χ1v) is 20.8. The van der Waals surface area contributed by atoms with E-state index < -0.39 is 88.1 Å².